The van der Waals surface area contributed by atoms with Crippen LogP contribution in [0, 0.1) is 29.6 Å². The summed E-state index contributed by atoms with van der Waals surface area (Å²) < 4.78 is 11.4. The van der Waals surface area contributed by atoms with Crippen molar-refractivity contribution in [2.45, 2.75) is 57.4 Å². The minimum Gasteiger partial charge on any atom is -0.445 e. The zero-order valence-corrected chi connectivity index (χ0v) is 24.6. The summed E-state index contributed by atoms with van der Waals surface area (Å²) >= 11 is 0. The number of ether oxygens (including phenoxy) is 2. The number of benzene rings is 1. The molecule has 1 aliphatic carbocycles. The fourth-order valence-electron chi connectivity index (χ4n) is 6.65. The Morgan fingerprint density at radius 1 is 1.19 bits per heavy atom. The number of carbonyl (C=O) groups excluding carboxylic acids is 3. The largest absolute Gasteiger partial charge is 0.445 e. The maximum Gasteiger partial charge on any atom is 0.407 e. The average Bonchev–Trinajstić information content (AvgIpc) is 3.54. The second-order valence-electron chi connectivity index (χ2n) is 12.5. The normalized spacial score (nSPS) is 28.7. The lowest BCUT2D eigenvalue weighted by Gasteiger charge is -2.39. The quantitative estimate of drug-likeness (QED) is 0.248. The molecular formula is C30H47N5O7. The summed E-state index contributed by atoms with van der Waals surface area (Å²) in [6.45, 7) is 5.85. The molecule has 1 aromatic rings. The monoisotopic (exact) mass is 589 g/mol. The Labute approximate surface area is 247 Å². The van der Waals surface area contributed by atoms with Crippen molar-refractivity contribution in [3.63, 3.8) is 0 Å². The first kappa shape index (κ1) is 32.0. The highest BCUT2D eigenvalue weighted by atomic mass is 16.6. The van der Waals surface area contributed by atoms with Gasteiger partial charge in [-0.1, -0.05) is 44.2 Å². The molecule has 234 valence electrons. The molecule has 1 saturated carbocycles. The van der Waals surface area contributed by atoms with Crippen LogP contribution in [0.2, 0.25) is 0 Å². The standard InChI is InChI=1S/C30H47N5O7/c1-18(2)12-35(30(40)34-9-8-22(28(32)38)24(31)13-34)14-26(37)25(10-19-6-4-3-5-7-19)33-29(39)42-27-20(15-36)11-21-16-41-17-23(21)27/h3-7,18,20-27,36-37H,8-17,31H2,1-2H3,(H2,32,38)(H,33,39)/t20?,21?,22?,23?,24?,25-,26+,27?/m0/s1. The van der Waals surface area contributed by atoms with E-state index in [0.717, 1.165) is 12.0 Å². The molecule has 12 nitrogen and oxygen atoms in total. The number of nitrogens with one attached hydrogen (secondary N) is 1. The summed E-state index contributed by atoms with van der Waals surface area (Å²) in [6, 6.07) is 7.88. The van der Waals surface area contributed by atoms with Crippen molar-refractivity contribution >= 4 is 18.0 Å². The first-order valence-electron chi connectivity index (χ1n) is 15.0. The van der Waals surface area contributed by atoms with Crippen molar-refractivity contribution in [2.75, 3.05) is 46.0 Å². The van der Waals surface area contributed by atoms with Gasteiger partial charge in [0, 0.05) is 50.7 Å². The molecule has 4 amide bonds. The summed E-state index contributed by atoms with van der Waals surface area (Å²) in [6.07, 6.45) is -0.818. The molecule has 2 aliphatic heterocycles. The maximum absolute atomic E-state index is 13.6. The van der Waals surface area contributed by atoms with Gasteiger partial charge in [-0.2, -0.15) is 0 Å². The SMILES string of the molecule is CC(C)CN(C[C@@H](O)[C@H](Cc1ccccc1)NC(=O)OC1C(CO)CC2COCC21)C(=O)N1CCC(C(N)=O)C(N)C1. The van der Waals surface area contributed by atoms with Crippen molar-refractivity contribution in [1.82, 2.24) is 15.1 Å². The van der Waals surface area contributed by atoms with Crippen LogP contribution in [0.4, 0.5) is 9.59 Å². The second-order valence-corrected chi connectivity index (χ2v) is 12.5. The number of carbonyl (C=O) groups is 3. The first-order valence-corrected chi connectivity index (χ1v) is 15.0. The lowest BCUT2D eigenvalue weighted by molar-refractivity contribution is -0.123. The highest BCUT2D eigenvalue weighted by Crippen LogP contribution is 2.42. The Bertz CT molecular complexity index is 1060. The summed E-state index contributed by atoms with van der Waals surface area (Å²) in [5, 5.41) is 24.3. The van der Waals surface area contributed by atoms with Crippen LogP contribution >= 0.6 is 0 Å². The molecule has 0 aromatic heterocycles. The average molecular weight is 590 g/mol. The topological polar surface area (TPSA) is 181 Å². The molecule has 2 saturated heterocycles. The third kappa shape index (κ3) is 7.91. The van der Waals surface area contributed by atoms with Crippen molar-refractivity contribution in [1.29, 1.82) is 0 Å². The number of urea groups is 1. The molecule has 0 spiro atoms. The van der Waals surface area contributed by atoms with E-state index in [2.05, 4.69) is 5.32 Å². The predicted octanol–water partition coefficient (Wildman–Crippen LogP) is 0.541. The van der Waals surface area contributed by atoms with E-state index in [1.54, 1.807) is 9.80 Å². The zero-order chi connectivity index (χ0) is 30.4. The van der Waals surface area contributed by atoms with Gasteiger partial charge in [-0.25, -0.2) is 9.59 Å². The molecule has 0 radical (unpaired) electrons. The van der Waals surface area contributed by atoms with Crippen molar-refractivity contribution in [3.8, 4) is 0 Å². The number of hydrogen-bond acceptors (Lipinski definition) is 8. The minimum absolute atomic E-state index is 0.0268. The van der Waals surface area contributed by atoms with Crippen LogP contribution in [0.3, 0.4) is 0 Å². The third-order valence-corrected chi connectivity index (χ3v) is 8.84. The Balaban J connectivity index is 1.46. The Hall–Kier alpha value is -2.93. The molecule has 0 bridgehead atoms. The van der Waals surface area contributed by atoms with Gasteiger partial charge in [-0.3, -0.25) is 4.79 Å². The number of hydrogen-bond donors (Lipinski definition) is 5. The van der Waals surface area contributed by atoms with Gasteiger partial charge in [0.1, 0.15) is 6.10 Å². The van der Waals surface area contributed by atoms with Gasteiger partial charge in [0.05, 0.1) is 31.2 Å². The molecule has 3 fully saturated rings. The summed E-state index contributed by atoms with van der Waals surface area (Å²) in [5.41, 5.74) is 12.5. The molecular weight excluding hydrogens is 542 g/mol. The van der Waals surface area contributed by atoms with Crippen LogP contribution in [-0.2, 0) is 20.7 Å². The van der Waals surface area contributed by atoms with Crippen LogP contribution < -0.4 is 16.8 Å². The highest BCUT2D eigenvalue weighted by molar-refractivity contribution is 5.79. The maximum atomic E-state index is 13.6. The zero-order valence-electron chi connectivity index (χ0n) is 24.6. The molecule has 42 heavy (non-hydrogen) atoms. The van der Waals surface area contributed by atoms with Gasteiger partial charge >= 0.3 is 12.1 Å². The van der Waals surface area contributed by atoms with E-state index in [9.17, 15) is 24.6 Å². The number of aliphatic hydroxyl groups is 2. The van der Waals surface area contributed by atoms with Crippen molar-refractivity contribution in [3.05, 3.63) is 35.9 Å². The van der Waals surface area contributed by atoms with Crippen molar-refractivity contribution < 1.29 is 34.1 Å². The number of amides is 4. The number of aliphatic hydroxyl groups excluding tert-OH is 2. The Kier molecular flexibility index (Phi) is 11.0. The van der Waals surface area contributed by atoms with E-state index in [-0.39, 0.29) is 49.4 Å². The number of alkyl carbamates (subject to hydrolysis) is 1. The number of primary amides is 1. The van der Waals surface area contributed by atoms with Gasteiger partial charge in [-0.15, -0.1) is 0 Å². The first-order chi connectivity index (χ1) is 20.1. The summed E-state index contributed by atoms with van der Waals surface area (Å²) in [4.78, 5) is 41.7. The van der Waals surface area contributed by atoms with Crippen LogP contribution in [0.5, 0.6) is 0 Å². The van der Waals surface area contributed by atoms with Crippen LogP contribution in [0.1, 0.15) is 32.3 Å². The van der Waals surface area contributed by atoms with Gasteiger partial charge in [0.2, 0.25) is 5.91 Å². The lowest BCUT2D eigenvalue weighted by Crippen LogP contribution is -2.58. The highest BCUT2D eigenvalue weighted by Gasteiger charge is 2.48. The van der Waals surface area contributed by atoms with Crippen LogP contribution in [-0.4, -0.2) is 108 Å². The van der Waals surface area contributed by atoms with E-state index in [4.69, 9.17) is 20.9 Å². The lowest BCUT2D eigenvalue weighted by atomic mass is 9.92. The number of nitrogens with two attached hydrogens (primary N) is 2. The molecule has 7 N–H and O–H groups in total. The number of likely N-dealkylation sites (tertiary alicyclic amines) is 1. The van der Waals surface area contributed by atoms with Gasteiger partial charge in [-0.05, 0) is 36.7 Å². The molecule has 8 atom stereocenters. The molecule has 6 unspecified atom stereocenters. The minimum atomic E-state index is -1.11. The van der Waals surface area contributed by atoms with E-state index in [1.165, 1.54) is 0 Å². The van der Waals surface area contributed by atoms with E-state index in [1.807, 2.05) is 44.2 Å². The molecule has 12 heteroatoms. The Morgan fingerprint density at radius 2 is 1.93 bits per heavy atom. The summed E-state index contributed by atoms with van der Waals surface area (Å²) in [5.74, 6) is -0.707. The smallest absolute Gasteiger partial charge is 0.407 e. The van der Waals surface area contributed by atoms with E-state index in [0.29, 0.717) is 39.1 Å². The fraction of sp³-hybridized carbons (Fsp3) is 0.700. The predicted molar refractivity (Wildman–Crippen MR) is 155 cm³/mol. The number of fused-ring (bicyclic) bond motifs is 1. The van der Waals surface area contributed by atoms with Crippen LogP contribution in [0.25, 0.3) is 0 Å². The van der Waals surface area contributed by atoms with Crippen molar-refractivity contribution in [2.24, 2.45) is 41.1 Å². The van der Waals surface area contributed by atoms with E-state index >= 15 is 0 Å². The Morgan fingerprint density at radius 3 is 2.57 bits per heavy atom. The summed E-state index contributed by atoms with van der Waals surface area (Å²) in [7, 11) is 0. The van der Waals surface area contributed by atoms with Gasteiger partial charge < -0.3 is 46.3 Å². The molecule has 4 rings (SSSR count). The number of nitrogens with zero attached hydrogens (tertiary/aromatic N) is 2. The number of rotatable bonds is 11. The van der Waals surface area contributed by atoms with Gasteiger partial charge in [0.25, 0.3) is 0 Å². The third-order valence-electron chi connectivity index (χ3n) is 8.84. The molecule has 1 aromatic carbocycles. The van der Waals surface area contributed by atoms with Gasteiger partial charge in [0.15, 0.2) is 0 Å². The molecule has 2 heterocycles. The second kappa shape index (κ2) is 14.5. The van der Waals surface area contributed by atoms with Crippen LogP contribution in [0.15, 0.2) is 30.3 Å². The fourth-order valence-corrected chi connectivity index (χ4v) is 6.65. The van der Waals surface area contributed by atoms with E-state index < -0.39 is 42.2 Å². The number of piperidine rings is 1. The molecule has 3 aliphatic rings.